The second-order valence-corrected chi connectivity index (χ2v) is 8.38. The van der Waals surface area contributed by atoms with Crippen molar-refractivity contribution in [1.29, 1.82) is 0 Å². The van der Waals surface area contributed by atoms with Crippen LogP contribution in [0.3, 0.4) is 0 Å². The predicted molar refractivity (Wildman–Crippen MR) is 117 cm³/mol. The summed E-state index contributed by atoms with van der Waals surface area (Å²) in [5.41, 5.74) is 7.12. The zero-order valence-electron chi connectivity index (χ0n) is 15.7. The van der Waals surface area contributed by atoms with E-state index in [0.29, 0.717) is 15.5 Å². The normalized spacial score (nSPS) is 16.2. The highest BCUT2D eigenvalue weighted by atomic mass is 35.5. The zero-order valence-corrected chi connectivity index (χ0v) is 17.3. The van der Waals surface area contributed by atoms with E-state index in [1.807, 2.05) is 31.2 Å². The van der Waals surface area contributed by atoms with Gasteiger partial charge in [-0.1, -0.05) is 59.8 Å². The highest BCUT2D eigenvalue weighted by molar-refractivity contribution is 8.08. The second kappa shape index (κ2) is 7.52. The number of hydrogen-bond donors (Lipinski definition) is 1. The van der Waals surface area contributed by atoms with Crippen LogP contribution in [0.4, 0.5) is 13.2 Å². The molecule has 3 aromatic rings. The van der Waals surface area contributed by atoms with Gasteiger partial charge in [-0.15, -0.1) is 0 Å². The summed E-state index contributed by atoms with van der Waals surface area (Å²) in [5, 5.41) is 2.53. The highest BCUT2D eigenvalue weighted by Crippen LogP contribution is 2.43. The molecule has 3 aromatic carbocycles. The predicted octanol–water partition coefficient (Wildman–Crippen LogP) is 6.80. The summed E-state index contributed by atoms with van der Waals surface area (Å²) in [6.45, 7) is 1.95. The molecule has 0 radical (unpaired) electrons. The molecule has 0 amide bonds. The average molecular weight is 446 g/mol. The molecule has 0 aliphatic carbocycles. The first-order valence-corrected chi connectivity index (χ1v) is 10.2. The maximum atomic E-state index is 13.1. The van der Waals surface area contributed by atoms with E-state index in [4.69, 9.17) is 17.3 Å². The Hall–Kier alpha value is -2.70. The minimum atomic E-state index is -4.51. The molecule has 0 saturated carbocycles. The second-order valence-electron chi connectivity index (χ2n) is 6.89. The van der Waals surface area contributed by atoms with Gasteiger partial charge in [0.15, 0.2) is 0 Å². The molecule has 0 saturated heterocycles. The molecule has 4 rings (SSSR count). The molecule has 0 aromatic heterocycles. The topological polar surface area (TPSA) is 43.1 Å². The van der Waals surface area contributed by atoms with Gasteiger partial charge in [-0.25, -0.2) is 0 Å². The van der Waals surface area contributed by atoms with Crippen molar-refractivity contribution in [1.82, 2.24) is 0 Å². The van der Waals surface area contributed by atoms with Crippen LogP contribution < -0.4 is 5.73 Å². The van der Waals surface area contributed by atoms with Gasteiger partial charge in [0, 0.05) is 10.6 Å². The standard InChI is InChI=1S/C23H15ClF3NOS/c1-12-4-2-5-13-8-9-17(24)16(19(12)13)11-18-21(29)20(22(28)30-18)14-6-3-7-15(10-14)23(25,26)27/h2-11H,28H2,1H3/b18-11+. The maximum absolute atomic E-state index is 13.1. The third kappa shape index (κ3) is 3.61. The van der Waals surface area contributed by atoms with Gasteiger partial charge >= 0.3 is 6.18 Å². The quantitative estimate of drug-likeness (QED) is 0.441. The van der Waals surface area contributed by atoms with Crippen LogP contribution in [0.15, 0.2) is 64.5 Å². The van der Waals surface area contributed by atoms with Crippen LogP contribution in [0.2, 0.25) is 5.02 Å². The summed E-state index contributed by atoms with van der Waals surface area (Å²) in [6.07, 6.45) is -2.84. The van der Waals surface area contributed by atoms with Crippen LogP contribution >= 0.6 is 23.4 Å². The van der Waals surface area contributed by atoms with Crippen LogP contribution in [0.5, 0.6) is 0 Å². The number of carbonyl (C=O) groups is 1. The van der Waals surface area contributed by atoms with Crippen LogP contribution in [-0.4, -0.2) is 5.78 Å². The van der Waals surface area contributed by atoms with E-state index < -0.39 is 17.5 Å². The van der Waals surface area contributed by atoms with Gasteiger partial charge < -0.3 is 5.73 Å². The fraction of sp³-hybridized carbons (Fsp3) is 0.0870. The van der Waals surface area contributed by atoms with E-state index in [2.05, 4.69) is 0 Å². The number of alkyl halides is 3. The molecule has 1 aliphatic heterocycles. The number of carbonyl (C=O) groups excluding carboxylic acids is 1. The van der Waals surface area contributed by atoms with Gasteiger partial charge in [0.25, 0.3) is 0 Å². The van der Waals surface area contributed by atoms with Crippen LogP contribution in [0.1, 0.15) is 22.3 Å². The van der Waals surface area contributed by atoms with Gasteiger partial charge in [-0.05, 0) is 53.1 Å². The van der Waals surface area contributed by atoms with Gasteiger partial charge in [0.1, 0.15) is 0 Å². The van der Waals surface area contributed by atoms with Crippen LogP contribution in [0.25, 0.3) is 22.4 Å². The summed E-state index contributed by atoms with van der Waals surface area (Å²) in [4.78, 5) is 13.4. The molecule has 0 atom stereocenters. The lowest BCUT2D eigenvalue weighted by Crippen LogP contribution is -2.07. The van der Waals surface area contributed by atoms with E-state index in [1.165, 1.54) is 12.1 Å². The van der Waals surface area contributed by atoms with Crippen LogP contribution in [0, 0.1) is 6.92 Å². The Balaban J connectivity index is 1.80. The van der Waals surface area contributed by atoms with Crippen molar-refractivity contribution < 1.29 is 18.0 Å². The molecular weight excluding hydrogens is 431 g/mol. The van der Waals surface area contributed by atoms with Gasteiger partial charge in [-0.3, -0.25) is 4.79 Å². The molecule has 1 heterocycles. The molecule has 2 N–H and O–H groups in total. The molecule has 2 nitrogen and oxygen atoms in total. The van der Waals surface area contributed by atoms with E-state index in [-0.39, 0.29) is 16.2 Å². The Kier molecular flexibility index (Phi) is 5.16. The van der Waals surface area contributed by atoms with Crippen molar-refractivity contribution in [2.45, 2.75) is 13.1 Å². The Morgan fingerprint density at radius 1 is 1.07 bits per heavy atom. The van der Waals surface area contributed by atoms with E-state index >= 15 is 0 Å². The third-order valence-corrected chi connectivity index (χ3v) is 6.19. The van der Waals surface area contributed by atoms with Gasteiger partial charge in [-0.2, -0.15) is 13.2 Å². The molecule has 0 bridgehead atoms. The molecule has 1 aliphatic rings. The van der Waals surface area contributed by atoms with Crippen molar-refractivity contribution in [3.8, 4) is 0 Å². The summed E-state index contributed by atoms with van der Waals surface area (Å²) in [7, 11) is 0. The molecule has 7 heteroatoms. The summed E-state index contributed by atoms with van der Waals surface area (Å²) >= 11 is 7.46. The van der Waals surface area contributed by atoms with Gasteiger partial charge in [0.05, 0.1) is 21.1 Å². The number of rotatable bonds is 2. The van der Waals surface area contributed by atoms with Crippen molar-refractivity contribution in [2.75, 3.05) is 0 Å². The molecule has 0 fully saturated rings. The maximum Gasteiger partial charge on any atom is 0.416 e. The molecular formula is C23H15ClF3NOS. The largest absolute Gasteiger partial charge is 0.416 e. The first-order chi connectivity index (χ1) is 14.2. The first-order valence-electron chi connectivity index (χ1n) is 8.96. The fourth-order valence-electron chi connectivity index (χ4n) is 3.51. The Morgan fingerprint density at radius 3 is 2.53 bits per heavy atom. The molecule has 0 unspecified atom stereocenters. The number of nitrogens with two attached hydrogens (primary N) is 1. The number of hydrogen-bond acceptors (Lipinski definition) is 3. The average Bonchev–Trinajstić information content (AvgIpc) is 2.97. The monoisotopic (exact) mass is 445 g/mol. The molecule has 30 heavy (non-hydrogen) atoms. The minimum Gasteiger partial charge on any atom is -0.393 e. The SMILES string of the molecule is Cc1cccc2ccc(Cl)c(/C=C3/SC(N)=C(c4cccc(C(F)(F)F)c4)C3=O)c12. The summed E-state index contributed by atoms with van der Waals surface area (Å²) in [5.74, 6) is -0.418. The third-order valence-electron chi connectivity index (χ3n) is 4.91. The molecule has 152 valence electrons. The first kappa shape index (κ1) is 20.6. The minimum absolute atomic E-state index is 0.0745. The van der Waals surface area contributed by atoms with Crippen molar-refractivity contribution in [3.05, 3.63) is 91.8 Å². The number of halogens is 4. The Bertz CT molecular complexity index is 1260. The lowest BCUT2D eigenvalue weighted by atomic mass is 9.97. The molecule has 0 spiro atoms. The summed E-state index contributed by atoms with van der Waals surface area (Å²) < 4.78 is 39.2. The van der Waals surface area contributed by atoms with Gasteiger partial charge in [0.2, 0.25) is 5.78 Å². The highest BCUT2D eigenvalue weighted by Gasteiger charge is 2.33. The number of thioether (sulfide) groups is 1. The summed E-state index contributed by atoms with van der Waals surface area (Å²) in [6, 6.07) is 14.1. The smallest absolute Gasteiger partial charge is 0.393 e. The number of Topliss-reactive ketones (excluding diaryl/α,β-unsaturated/α-hetero) is 1. The lowest BCUT2D eigenvalue weighted by molar-refractivity contribution is -0.137. The van der Waals surface area contributed by atoms with E-state index in [0.717, 1.165) is 40.2 Å². The fourth-order valence-corrected chi connectivity index (χ4v) is 4.65. The van der Waals surface area contributed by atoms with Crippen LogP contribution in [-0.2, 0) is 11.0 Å². The zero-order chi connectivity index (χ0) is 21.6. The van der Waals surface area contributed by atoms with Crippen molar-refractivity contribution in [3.63, 3.8) is 0 Å². The van der Waals surface area contributed by atoms with Crippen molar-refractivity contribution in [2.24, 2.45) is 5.73 Å². The number of fused-ring (bicyclic) bond motifs is 1. The number of allylic oxidation sites excluding steroid dienone is 2. The Morgan fingerprint density at radius 2 is 1.80 bits per heavy atom. The number of benzene rings is 3. The van der Waals surface area contributed by atoms with E-state index in [1.54, 1.807) is 12.1 Å². The van der Waals surface area contributed by atoms with E-state index in [9.17, 15) is 18.0 Å². The Labute approximate surface area is 180 Å². The van der Waals surface area contributed by atoms with Crippen molar-refractivity contribution >= 4 is 51.6 Å². The number of aryl methyl sites for hydroxylation is 1. The lowest BCUT2D eigenvalue weighted by Gasteiger charge is -2.10. The number of ketones is 1.